The molecule has 0 bridgehead atoms. The second-order valence-corrected chi connectivity index (χ2v) is 6.59. The minimum atomic E-state index is -0.617. The SMILES string of the molecule is CCOc1ccc2c(C)cc(=O)oc2c1COC(=O)c1cc(OC)c(OC)c(OC)c1. The van der Waals surface area contributed by atoms with Crippen LogP contribution in [0.3, 0.4) is 0 Å². The van der Waals surface area contributed by atoms with E-state index in [0.717, 1.165) is 10.9 Å². The Bertz CT molecular complexity index is 1140. The van der Waals surface area contributed by atoms with Gasteiger partial charge in [0, 0.05) is 11.5 Å². The average molecular weight is 428 g/mol. The normalized spacial score (nSPS) is 10.6. The van der Waals surface area contributed by atoms with Crippen LogP contribution in [0.25, 0.3) is 11.0 Å². The number of carbonyl (C=O) groups excluding carboxylic acids is 1. The third-order valence-corrected chi connectivity index (χ3v) is 4.73. The lowest BCUT2D eigenvalue weighted by molar-refractivity contribution is 0.0469. The minimum Gasteiger partial charge on any atom is -0.493 e. The minimum absolute atomic E-state index is 0.158. The summed E-state index contributed by atoms with van der Waals surface area (Å²) in [6.45, 7) is 3.89. The molecule has 0 fully saturated rings. The van der Waals surface area contributed by atoms with Crippen LogP contribution in [-0.2, 0) is 11.3 Å². The van der Waals surface area contributed by atoms with E-state index < -0.39 is 11.6 Å². The second-order valence-electron chi connectivity index (χ2n) is 6.59. The van der Waals surface area contributed by atoms with Gasteiger partial charge in [0.2, 0.25) is 5.75 Å². The van der Waals surface area contributed by atoms with Gasteiger partial charge in [0.1, 0.15) is 17.9 Å². The number of carbonyl (C=O) groups is 1. The summed E-state index contributed by atoms with van der Waals surface area (Å²) in [5.74, 6) is 0.882. The summed E-state index contributed by atoms with van der Waals surface area (Å²) in [5, 5.41) is 0.738. The maximum Gasteiger partial charge on any atom is 0.338 e. The molecule has 1 heterocycles. The van der Waals surface area contributed by atoms with Crippen LogP contribution in [0, 0.1) is 6.92 Å². The highest BCUT2D eigenvalue weighted by atomic mass is 16.5. The van der Waals surface area contributed by atoms with E-state index in [2.05, 4.69) is 0 Å². The van der Waals surface area contributed by atoms with E-state index in [0.29, 0.717) is 40.8 Å². The monoisotopic (exact) mass is 428 g/mol. The van der Waals surface area contributed by atoms with Gasteiger partial charge in [-0.05, 0) is 43.7 Å². The Hall–Kier alpha value is -3.68. The highest BCUT2D eigenvalue weighted by molar-refractivity contribution is 5.91. The summed E-state index contributed by atoms with van der Waals surface area (Å²) in [5.41, 5.74) is 1.28. The Morgan fingerprint density at radius 2 is 1.65 bits per heavy atom. The zero-order valence-electron chi connectivity index (χ0n) is 18.1. The van der Waals surface area contributed by atoms with Crippen molar-refractivity contribution in [2.24, 2.45) is 0 Å². The Labute approximate surface area is 179 Å². The number of aryl methyl sites for hydroxylation is 1. The van der Waals surface area contributed by atoms with Gasteiger partial charge >= 0.3 is 11.6 Å². The maximum absolute atomic E-state index is 12.8. The van der Waals surface area contributed by atoms with Crippen molar-refractivity contribution in [3.63, 3.8) is 0 Å². The van der Waals surface area contributed by atoms with Crippen molar-refractivity contribution in [2.75, 3.05) is 27.9 Å². The number of methoxy groups -OCH3 is 3. The van der Waals surface area contributed by atoms with E-state index in [1.807, 2.05) is 19.9 Å². The predicted molar refractivity (Wildman–Crippen MR) is 114 cm³/mol. The van der Waals surface area contributed by atoms with Crippen LogP contribution in [0.2, 0.25) is 0 Å². The van der Waals surface area contributed by atoms with E-state index in [9.17, 15) is 9.59 Å². The quantitative estimate of drug-likeness (QED) is 0.394. The van der Waals surface area contributed by atoms with Gasteiger partial charge in [-0.15, -0.1) is 0 Å². The number of ether oxygens (including phenoxy) is 5. The predicted octanol–water partition coefficient (Wildman–Crippen LogP) is 3.88. The average Bonchev–Trinajstić information content (AvgIpc) is 2.76. The van der Waals surface area contributed by atoms with Crippen LogP contribution in [0.1, 0.15) is 28.4 Å². The molecule has 0 aliphatic rings. The van der Waals surface area contributed by atoms with Crippen molar-refractivity contribution < 1.29 is 32.9 Å². The molecule has 8 nitrogen and oxygen atoms in total. The van der Waals surface area contributed by atoms with Crippen LogP contribution in [-0.4, -0.2) is 33.9 Å². The lowest BCUT2D eigenvalue weighted by Crippen LogP contribution is -2.09. The van der Waals surface area contributed by atoms with E-state index in [1.165, 1.54) is 39.5 Å². The van der Waals surface area contributed by atoms with Gasteiger partial charge in [-0.25, -0.2) is 9.59 Å². The first-order valence-electron chi connectivity index (χ1n) is 9.59. The second kappa shape index (κ2) is 9.42. The summed E-state index contributed by atoms with van der Waals surface area (Å²) in [6.07, 6.45) is 0. The lowest BCUT2D eigenvalue weighted by atomic mass is 10.1. The number of benzene rings is 2. The Morgan fingerprint density at radius 3 is 2.23 bits per heavy atom. The molecular weight excluding hydrogens is 404 g/mol. The van der Waals surface area contributed by atoms with Crippen LogP contribution in [0.4, 0.5) is 0 Å². The summed E-state index contributed by atoms with van der Waals surface area (Å²) >= 11 is 0. The molecule has 3 aromatic rings. The number of hydrogen-bond acceptors (Lipinski definition) is 8. The standard InChI is InChI=1S/C23H24O8/c1-6-29-17-8-7-15-13(2)9-20(24)31-21(15)16(17)12-30-23(25)14-10-18(26-3)22(28-5)19(11-14)27-4/h7-11H,6,12H2,1-5H3. The molecule has 164 valence electrons. The fourth-order valence-corrected chi connectivity index (χ4v) is 3.27. The van der Waals surface area contributed by atoms with E-state index in [1.54, 1.807) is 6.07 Å². The molecule has 0 atom stereocenters. The first-order chi connectivity index (χ1) is 14.9. The topological polar surface area (TPSA) is 93.4 Å². The number of hydrogen-bond donors (Lipinski definition) is 0. The highest BCUT2D eigenvalue weighted by Gasteiger charge is 2.20. The molecule has 0 saturated carbocycles. The molecule has 0 N–H and O–H groups in total. The van der Waals surface area contributed by atoms with Crippen molar-refractivity contribution in [2.45, 2.75) is 20.5 Å². The number of esters is 1. The van der Waals surface area contributed by atoms with Crippen molar-refractivity contribution in [1.29, 1.82) is 0 Å². The largest absolute Gasteiger partial charge is 0.493 e. The summed E-state index contributed by atoms with van der Waals surface area (Å²) in [7, 11) is 4.40. The molecule has 0 saturated heterocycles. The zero-order valence-corrected chi connectivity index (χ0v) is 18.1. The molecule has 0 radical (unpaired) electrons. The van der Waals surface area contributed by atoms with E-state index >= 15 is 0 Å². The van der Waals surface area contributed by atoms with Crippen molar-refractivity contribution in [3.8, 4) is 23.0 Å². The van der Waals surface area contributed by atoms with Gasteiger partial charge in [-0.1, -0.05) is 0 Å². The van der Waals surface area contributed by atoms with Crippen molar-refractivity contribution in [3.05, 3.63) is 57.4 Å². The van der Waals surface area contributed by atoms with Crippen LogP contribution in [0.15, 0.2) is 39.5 Å². The molecule has 1 aromatic heterocycles. The molecule has 3 rings (SSSR count). The van der Waals surface area contributed by atoms with Gasteiger partial charge in [-0.3, -0.25) is 0 Å². The van der Waals surface area contributed by atoms with Crippen LogP contribution >= 0.6 is 0 Å². The molecule has 8 heteroatoms. The maximum atomic E-state index is 12.8. The molecule has 0 spiro atoms. The van der Waals surface area contributed by atoms with E-state index in [4.69, 9.17) is 28.1 Å². The number of fused-ring (bicyclic) bond motifs is 1. The summed E-state index contributed by atoms with van der Waals surface area (Å²) < 4.78 is 32.4. The molecule has 0 aliphatic heterocycles. The molecular formula is C23H24O8. The van der Waals surface area contributed by atoms with Gasteiger partial charge in [-0.2, -0.15) is 0 Å². The Kier molecular flexibility index (Phi) is 6.69. The van der Waals surface area contributed by atoms with Gasteiger partial charge in [0.25, 0.3) is 0 Å². The number of rotatable bonds is 8. The van der Waals surface area contributed by atoms with Gasteiger partial charge in [0.15, 0.2) is 11.5 Å². The smallest absolute Gasteiger partial charge is 0.338 e. The highest BCUT2D eigenvalue weighted by Crippen LogP contribution is 2.38. The summed E-state index contributed by atoms with van der Waals surface area (Å²) in [6, 6.07) is 7.99. The Morgan fingerprint density at radius 1 is 0.968 bits per heavy atom. The lowest BCUT2D eigenvalue weighted by Gasteiger charge is -2.15. The molecule has 31 heavy (non-hydrogen) atoms. The first kappa shape index (κ1) is 22.0. The third kappa shape index (κ3) is 4.42. The fraction of sp³-hybridized carbons (Fsp3) is 0.304. The van der Waals surface area contributed by atoms with Gasteiger partial charge < -0.3 is 28.1 Å². The third-order valence-electron chi connectivity index (χ3n) is 4.73. The van der Waals surface area contributed by atoms with E-state index in [-0.39, 0.29) is 12.2 Å². The fourth-order valence-electron chi connectivity index (χ4n) is 3.27. The van der Waals surface area contributed by atoms with Crippen molar-refractivity contribution in [1.82, 2.24) is 0 Å². The first-order valence-corrected chi connectivity index (χ1v) is 9.59. The molecule has 0 aliphatic carbocycles. The zero-order chi connectivity index (χ0) is 22.5. The Balaban J connectivity index is 1.98. The van der Waals surface area contributed by atoms with Gasteiger partial charge in [0.05, 0.1) is 39.1 Å². The van der Waals surface area contributed by atoms with Crippen molar-refractivity contribution >= 4 is 16.9 Å². The summed E-state index contributed by atoms with van der Waals surface area (Å²) in [4.78, 5) is 24.7. The molecule has 0 unspecified atom stereocenters. The van der Waals surface area contributed by atoms with Crippen LogP contribution < -0.4 is 24.6 Å². The molecule has 0 amide bonds. The molecule has 2 aromatic carbocycles. The van der Waals surface area contributed by atoms with Crippen LogP contribution in [0.5, 0.6) is 23.0 Å².